The van der Waals surface area contributed by atoms with Crippen molar-refractivity contribution in [3.05, 3.63) is 57.1 Å². The van der Waals surface area contributed by atoms with Crippen molar-refractivity contribution < 1.29 is 4.79 Å². The van der Waals surface area contributed by atoms with Gasteiger partial charge in [0.05, 0.1) is 10.2 Å². The first-order valence-corrected chi connectivity index (χ1v) is 11.3. The van der Waals surface area contributed by atoms with Crippen LogP contribution in [0.25, 0.3) is 10.2 Å². The van der Waals surface area contributed by atoms with Crippen LogP contribution in [0.15, 0.2) is 30.3 Å². The molecule has 0 aliphatic rings. The first kappa shape index (κ1) is 24.9. The van der Waals surface area contributed by atoms with Gasteiger partial charge < -0.3 is 4.90 Å². The lowest BCUT2D eigenvalue weighted by Crippen LogP contribution is -2.38. The number of aromatic nitrogens is 1. The molecule has 1 amide bonds. The molecule has 30 heavy (non-hydrogen) atoms. The number of amides is 1. The van der Waals surface area contributed by atoms with Crippen LogP contribution in [0, 0.1) is 13.8 Å². The van der Waals surface area contributed by atoms with Crippen LogP contribution in [0.4, 0.5) is 5.13 Å². The summed E-state index contributed by atoms with van der Waals surface area (Å²) >= 11 is 13.8. The van der Waals surface area contributed by atoms with E-state index >= 15 is 0 Å². The minimum Gasteiger partial charge on any atom is -0.302 e. The van der Waals surface area contributed by atoms with Gasteiger partial charge >= 0.3 is 0 Å². The fourth-order valence-electron chi connectivity index (χ4n) is 3.23. The Balaban J connectivity index is 0.00000320. The average molecular weight is 487 g/mol. The Morgan fingerprint density at radius 2 is 1.67 bits per heavy atom. The van der Waals surface area contributed by atoms with E-state index in [0.717, 1.165) is 35.4 Å². The molecule has 0 saturated carbocycles. The maximum Gasteiger partial charge on any atom is 0.260 e. The number of rotatable bonds is 7. The number of carbonyl (C=O) groups is 1. The van der Waals surface area contributed by atoms with Gasteiger partial charge in [-0.25, -0.2) is 4.98 Å². The summed E-state index contributed by atoms with van der Waals surface area (Å²) in [7, 11) is 0. The predicted molar refractivity (Wildman–Crippen MR) is 132 cm³/mol. The Morgan fingerprint density at radius 3 is 2.27 bits per heavy atom. The average Bonchev–Trinajstić information content (AvgIpc) is 3.12. The van der Waals surface area contributed by atoms with Gasteiger partial charge in [0.15, 0.2) is 5.13 Å². The van der Waals surface area contributed by atoms with Gasteiger partial charge in [-0.1, -0.05) is 54.5 Å². The van der Waals surface area contributed by atoms with E-state index < -0.39 is 0 Å². The maximum atomic E-state index is 13.4. The normalized spacial score (nSPS) is 11.0. The topological polar surface area (TPSA) is 36.4 Å². The van der Waals surface area contributed by atoms with Crippen molar-refractivity contribution in [2.24, 2.45) is 0 Å². The van der Waals surface area contributed by atoms with Crippen LogP contribution in [0.2, 0.25) is 10.0 Å². The van der Waals surface area contributed by atoms with E-state index in [1.165, 1.54) is 16.9 Å². The second kappa shape index (κ2) is 10.8. The minimum atomic E-state index is -0.144. The van der Waals surface area contributed by atoms with Gasteiger partial charge in [-0.15, -0.1) is 12.4 Å². The summed E-state index contributed by atoms with van der Waals surface area (Å²) in [5, 5.41) is 1.59. The molecule has 1 heterocycles. The number of nitrogens with zero attached hydrogens (tertiary/aromatic N) is 3. The monoisotopic (exact) mass is 485 g/mol. The molecule has 162 valence electrons. The summed E-state index contributed by atoms with van der Waals surface area (Å²) in [5.74, 6) is -0.144. The number of halogens is 3. The molecule has 0 aliphatic heterocycles. The number of hydrogen-bond acceptors (Lipinski definition) is 4. The predicted octanol–water partition coefficient (Wildman–Crippen LogP) is 6.63. The molecule has 0 saturated heterocycles. The number of thiazole rings is 1. The fourth-order valence-corrected chi connectivity index (χ4v) is 4.80. The number of hydrogen-bond donors (Lipinski definition) is 0. The van der Waals surface area contributed by atoms with Crippen LogP contribution >= 0.6 is 46.9 Å². The molecule has 0 fully saturated rings. The number of fused-ring (bicyclic) bond motifs is 1. The molecule has 0 bridgehead atoms. The van der Waals surface area contributed by atoms with E-state index in [0.29, 0.717) is 27.3 Å². The van der Waals surface area contributed by atoms with Crippen molar-refractivity contribution in [3.63, 3.8) is 0 Å². The molecule has 0 spiro atoms. The van der Waals surface area contributed by atoms with Crippen LogP contribution in [0.3, 0.4) is 0 Å². The van der Waals surface area contributed by atoms with Gasteiger partial charge in [-0.3, -0.25) is 9.69 Å². The second-order valence-electron chi connectivity index (χ2n) is 6.99. The fraction of sp³-hybridized carbons (Fsp3) is 0.364. The molecule has 0 N–H and O–H groups in total. The van der Waals surface area contributed by atoms with Crippen molar-refractivity contribution in [1.82, 2.24) is 9.88 Å². The lowest BCUT2D eigenvalue weighted by molar-refractivity contribution is 0.0984. The molecule has 0 radical (unpaired) electrons. The third-order valence-corrected chi connectivity index (χ3v) is 6.67. The SMILES string of the molecule is CCN(CC)CCN(C(=O)c1cc(Cl)cc(Cl)c1)c1nc2c(C)c(C)ccc2s1.Cl. The van der Waals surface area contributed by atoms with Gasteiger partial charge in [0.2, 0.25) is 0 Å². The Hall–Kier alpha value is -1.37. The zero-order valence-electron chi connectivity index (χ0n) is 17.5. The largest absolute Gasteiger partial charge is 0.302 e. The van der Waals surface area contributed by atoms with Gasteiger partial charge in [-0.05, 0) is 62.3 Å². The van der Waals surface area contributed by atoms with E-state index in [4.69, 9.17) is 28.2 Å². The molecule has 0 aliphatic carbocycles. The molecule has 8 heteroatoms. The van der Waals surface area contributed by atoms with E-state index in [1.807, 2.05) is 0 Å². The molecule has 0 atom stereocenters. The van der Waals surface area contributed by atoms with E-state index in [2.05, 4.69) is 44.7 Å². The van der Waals surface area contributed by atoms with Crippen LogP contribution in [0.5, 0.6) is 0 Å². The van der Waals surface area contributed by atoms with Crippen molar-refractivity contribution in [2.75, 3.05) is 31.1 Å². The van der Waals surface area contributed by atoms with E-state index in [9.17, 15) is 4.79 Å². The summed E-state index contributed by atoms with van der Waals surface area (Å²) in [6.45, 7) is 11.6. The van der Waals surface area contributed by atoms with Crippen molar-refractivity contribution in [1.29, 1.82) is 0 Å². The van der Waals surface area contributed by atoms with Crippen LogP contribution in [-0.2, 0) is 0 Å². The number of aryl methyl sites for hydroxylation is 2. The Labute approximate surface area is 198 Å². The first-order chi connectivity index (χ1) is 13.8. The Morgan fingerprint density at radius 1 is 1.03 bits per heavy atom. The molecular weight excluding hydrogens is 461 g/mol. The summed E-state index contributed by atoms with van der Waals surface area (Å²) in [4.78, 5) is 22.3. The lowest BCUT2D eigenvalue weighted by Gasteiger charge is -2.25. The van der Waals surface area contributed by atoms with Crippen LogP contribution in [0.1, 0.15) is 35.3 Å². The lowest BCUT2D eigenvalue weighted by atomic mass is 10.1. The van der Waals surface area contributed by atoms with E-state index in [-0.39, 0.29) is 18.3 Å². The Kier molecular flexibility index (Phi) is 8.95. The smallest absolute Gasteiger partial charge is 0.260 e. The second-order valence-corrected chi connectivity index (χ2v) is 8.87. The zero-order valence-corrected chi connectivity index (χ0v) is 20.7. The highest BCUT2D eigenvalue weighted by molar-refractivity contribution is 7.22. The van der Waals surface area contributed by atoms with Gasteiger partial charge in [-0.2, -0.15) is 0 Å². The van der Waals surface area contributed by atoms with E-state index in [1.54, 1.807) is 23.1 Å². The van der Waals surface area contributed by atoms with Crippen molar-refractivity contribution in [2.45, 2.75) is 27.7 Å². The maximum absolute atomic E-state index is 13.4. The molecule has 2 aromatic carbocycles. The zero-order chi connectivity index (χ0) is 21.1. The molecule has 0 unspecified atom stereocenters. The highest BCUT2D eigenvalue weighted by Gasteiger charge is 2.23. The standard InChI is InChI=1S/C22H25Cl2N3OS.ClH/c1-5-26(6-2)9-10-27(21(28)16-11-17(23)13-18(24)12-16)22-25-20-15(4)14(3)7-8-19(20)29-22;/h7-8,11-13H,5-6,9-10H2,1-4H3;1H. The molecule has 3 rings (SSSR count). The molecule has 4 nitrogen and oxygen atoms in total. The number of carbonyl (C=O) groups excluding carboxylic acids is 1. The summed E-state index contributed by atoms with van der Waals surface area (Å²) in [5.41, 5.74) is 3.76. The molecule has 1 aromatic heterocycles. The summed E-state index contributed by atoms with van der Waals surface area (Å²) in [6.07, 6.45) is 0. The Bertz CT molecular complexity index is 1010. The highest BCUT2D eigenvalue weighted by atomic mass is 35.5. The van der Waals surface area contributed by atoms with Crippen molar-refractivity contribution >= 4 is 68.2 Å². The third-order valence-electron chi connectivity index (χ3n) is 5.19. The number of likely N-dealkylation sites (N-methyl/N-ethyl adjacent to an activating group) is 1. The van der Waals surface area contributed by atoms with Crippen molar-refractivity contribution in [3.8, 4) is 0 Å². The summed E-state index contributed by atoms with van der Waals surface area (Å²) < 4.78 is 1.08. The molecule has 3 aromatic rings. The minimum absolute atomic E-state index is 0. The quantitative estimate of drug-likeness (QED) is 0.376. The summed E-state index contributed by atoms with van der Waals surface area (Å²) in [6, 6.07) is 9.11. The number of benzene rings is 2. The molecular formula is C22H26Cl3N3OS. The van der Waals surface area contributed by atoms with Gasteiger partial charge in [0.1, 0.15) is 0 Å². The first-order valence-electron chi connectivity index (χ1n) is 9.71. The third kappa shape index (κ3) is 5.45. The highest BCUT2D eigenvalue weighted by Crippen LogP contribution is 2.33. The van der Waals surface area contributed by atoms with Gasteiger partial charge in [0.25, 0.3) is 5.91 Å². The van der Waals surface area contributed by atoms with Crippen LogP contribution in [-0.4, -0.2) is 42.0 Å². The number of anilines is 1. The van der Waals surface area contributed by atoms with Gasteiger partial charge in [0, 0.05) is 28.7 Å². The van der Waals surface area contributed by atoms with Crippen LogP contribution < -0.4 is 4.90 Å².